The van der Waals surface area contributed by atoms with Crippen LogP contribution in [-0.2, 0) is 20.7 Å². The largest absolute Gasteiger partial charge is 0.378 e. The molecule has 1 fully saturated rings. The van der Waals surface area contributed by atoms with Crippen molar-refractivity contribution in [2.45, 2.75) is 57.6 Å². The van der Waals surface area contributed by atoms with E-state index in [0.717, 1.165) is 31.2 Å². The normalized spacial score (nSPS) is 15.6. The van der Waals surface area contributed by atoms with Crippen molar-refractivity contribution in [1.82, 2.24) is 10.2 Å². The van der Waals surface area contributed by atoms with Gasteiger partial charge < -0.3 is 20.7 Å². The molecule has 3 N–H and O–H groups in total. The van der Waals surface area contributed by atoms with E-state index in [1.54, 1.807) is 0 Å². The predicted molar refractivity (Wildman–Crippen MR) is 113 cm³/mol. The minimum Gasteiger partial charge on any atom is -0.378 e. The number of nitrogens with zero attached hydrogens (tertiary/aromatic N) is 1. The Bertz CT molecular complexity index is 578. The van der Waals surface area contributed by atoms with E-state index in [1.165, 1.54) is 0 Å². The number of piperidine rings is 1. The fourth-order valence-electron chi connectivity index (χ4n) is 3.37. The van der Waals surface area contributed by atoms with Crippen molar-refractivity contribution in [3.05, 3.63) is 35.9 Å². The van der Waals surface area contributed by atoms with Gasteiger partial charge in [-0.2, -0.15) is 0 Å². The van der Waals surface area contributed by atoms with Crippen molar-refractivity contribution in [3.63, 3.8) is 0 Å². The number of benzene rings is 1. The first-order chi connectivity index (χ1) is 13.1. The summed E-state index contributed by atoms with van der Waals surface area (Å²) in [4.78, 5) is 27.1. The third-order valence-corrected chi connectivity index (χ3v) is 4.87. The van der Waals surface area contributed by atoms with Crippen LogP contribution in [0.5, 0.6) is 0 Å². The summed E-state index contributed by atoms with van der Waals surface area (Å²) in [6.07, 6.45) is 4.56. The Morgan fingerprint density at radius 2 is 1.93 bits per heavy atom. The summed E-state index contributed by atoms with van der Waals surface area (Å²) in [7, 11) is 0. The van der Waals surface area contributed by atoms with E-state index in [1.807, 2.05) is 42.2 Å². The van der Waals surface area contributed by atoms with Crippen molar-refractivity contribution in [1.29, 1.82) is 0 Å². The van der Waals surface area contributed by atoms with Gasteiger partial charge in [0.1, 0.15) is 6.04 Å². The number of amides is 2. The van der Waals surface area contributed by atoms with Gasteiger partial charge in [0, 0.05) is 19.7 Å². The summed E-state index contributed by atoms with van der Waals surface area (Å²) >= 11 is 0. The molecular formula is C21H34ClN3O3. The van der Waals surface area contributed by atoms with E-state index in [4.69, 9.17) is 10.5 Å². The van der Waals surface area contributed by atoms with E-state index in [9.17, 15) is 9.59 Å². The second kappa shape index (κ2) is 13.5. The van der Waals surface area contributed by atoms with Gasteiger partial charge in [0.25, 0.3) is 0 Å². The lowest BCUT2D eigenvalue weighted by molar-refractivity contribution is -0.138. The van der Waals surface area contributed by atoms with Crippen LogP contribution in [0.25, 0.3) is 0 Å². The number of ether oxygens (including phenoxy) is 1. The molecule has 0 saturated carbocycles. The molecule has 158 valence electrons. The minimum atomic E-state index is -0.444. The molecule has 1 aliphatic rings. The number of nitrogens with two attached hydrogens (primary N) is 1. The van der Waals surface area contributed by atoms with Crippen molar-refractivity contribution in [3.8, 4) is 0 Å². The number of likely N-dealkylation sites (tertiary alicyclic amines) is 1. The summed E-state index contributed by atoms with van der Waals surface area (Å²) in [5, 5.41) is 2.94. The molecule has 2 rings (SSSR count). The van der Waals surface area contributed by atoms with Gasteiger partial charge in [-0.05, 0) is 37.8 Å². The van der Waals surface area contributed by atoms with E-state index in [-0.39, 0.29) is 30.3 Å². The molecule has 2 amide bonds. The predicted octanol–water partition coefficient (Wildman–Crippen LogP) is 2.29. The average molecular weight is 412 g/mol. The third-order valence-electron chi connectivity index (χ3n) is 4.87. The number of nitrogens with one attached hydrogen (secondary N) is 1. The van der Waals surface area contributed by atoms with Gasteiger partial charge in [0.15, 0.2) is 0 Å². The maximum Gasteiger partial charge on any atom is 0.245 e. The molecule has 0 spiro atoms. The maximum absolute atomic E-state index is 12.9. The van der Waals surface area contributed by atoms with Crippen LogP contribution in [-0.4, -0.2) is 55.1 Å². The number of carbonyl (C=O) groups is 2. The standard InChI is InChI=1S/C21H33N3O3.ClH/c1-2-7-19(23-20(25)16-17-8-4-3-5-9-17)21(26)24-13-10-18(11-14-24)27-15-6-12-22;/h3-5,8-9,18-19H,2,6-7,10-16,22H2,1H3,(H,23,25);1H. The lowest BCUT2D eigenvalue weighted by atomic mass is 10.0. The van der Waals surface area contributed by atoms with Crippen LogP contribution < -0.4 is 11.1 Å². The molecule has 0 aliphatic carbocycles. The molecular weight excluding hydrogens is 378 g/mol. The molecule has 1 saturated heterocycles. The Morgan fingerprint density at radius 3 is 2.54 bits per heavy atom. The minimum absolute atomic E-state index is 0. The molecule has 1 aromatic rings. The highest BCUT2D eigenvalue weighted by molar-refractivity contribution is 5.88. The van der Waals surface area contributed by atoms with Crippen LogP contribution in [0.15, 0.2) is 30.3 Å². The fraction of sp³-hybridized carbons (Fsp3) is 0.619. The summed E-state index contributed by atoms with van der Waals surface area (Å²) in [6, 6.07) is 9.15. The van der Waals surface area contributed by atoms with Crippen LogP contribution in [0.4, 0.5) is 0 Å². The number of carbonyl (C=O) groups excluding carboxylic acids is 2. The first-order valence-electron chi connectivity index (χ1n) is 10.1. The summed E-state index contributed by atoms with van der Waals surface area (Å²) in [6.45, 7) is 4.71. The highest BCUT2D eigenvalue weighted by Crippen LogP contribution is 2.16. The average Bonchev–Trinajstić information content (AvgIpc) is 2.68. The van der Waals surface area contributed by atoms with Crippen LogP contribution in [0.1, 0.15) is 44.6 Å². The molecule has 0 bridgehead atoms. The van der Waals surface area contributed by atoms with Gasteiger partial charge >= 0.3 is 0 Å². The van der Waals surface area contributed by atoms with Crippen molar-refractivity contribution in [2.75, 3.05) is 26.2 Å². The number of rotatable bonds is 10. The van der Waals surface area contributed by atoms with Crippen LogP contribution in [0, 0.1) is 0 Å². The lowest BCUT2D eigenvalue weighted by Crippen LogP contribution is -2.51. The quantitative estimate of drug-likeness (QED) is 0.578. The van der Waals surface area contributed by atoms with Gasteiger partial charge in [0.05, 0.1) is 12.5 Å². The molecule has 28 heavy (non-hydrogen) atoms. The van der Waals surface area contributed by atoms with Gasteiger partial charge in [0.2, 0.25) is 11.8 Å². The van der Waals surface area contributed by atoms with Gasteiger partial charge in [-0.15, -0.1) is 12.4 Å². The van der Waals surface area contributed by atoms with E-state index >= 15 is 0 Å². The van der Waals surface area contributed by atoms with E-state index in [0.29, 0.717) is 39.1 Å². The summed E-state index contributed by atoms with van der Waals surface area (Å²) in [5.41, 5.74) is 6.44. The molecule has 1 aliphatic heterocycles. The highest BCUT2D eigenvalue weighted by Gasteiger charge is 2.29. The van der Waals surface area contributed by atoms with Crippen LogP contribution in [0.2, 0.25) is 0 Å². The zero-order valence-corrected chi connectivity index (χ0v) is 17.6. The smallest absolute Gasteiger partial charge is 0.245 e. The van der Waals surface area contributed by atoms with Gasteiger partial charge in [-0.25, -0.2) is 0 Å². The Morgan fingerprint density at radius 1 is 1.25 bits per heavy atom. The molecule has 1 unspecified atom stereocenters. The second-order valence-corrected chi connectivity index (χ2v) is 7.11. The van der Waals surface area contributed by atoms with E-state index in [2.05, 4.69) is 5.32 Å². The molecule has 7 heteroatoms. The first kappa shape index (κ1) is 24.4. The van der Waals surface area contributed by atoms with Crippen LogP contribution in [0.3, 0.4) is 0 Å². The van der Waals surface area contributed by atoms with Gasteiger partial charge in [-0.3, -0.25) is 9.59 Å². The molecule has 1 heterocycles. The zero-order chi connectivity index (χ0) is 19.5. The molecule has 1 atom stereocenters. The maximum atomic E-state index is 12.9. The SMILES string of the molecule is CCCC(NC(=O)Cc1ccccc1)C(=O)N1CCC(OCCCN)CC1.Cl. The lowest BCUT2D eigenvalue weighted by Gasteiger charge is -2.34. The second-order valence-electron chi connectivity index (χ2n) is 7.11. The molecule has 6 nitrogen and oxygen atoms in total. The molecule has 0 aromatic heterocycles. The number of hydrogen-bond donors (Lipinski definition) is 2. The zero-order valence-electron chi connectivity index (χ0n) is 16.8. The van der Waals surface area contributed by atoms with E-state index < -0.39 is 6.04 Å². The number of halogens is 1. The monoisotopic (exact) mass is 411 g/mol. The first-order valence-corrected chi connectivity index (χ1v) is 10.1. The van der Waals surface area contributed by atoms with Crippen molar-refractivity contribution in [2.24, 2.45) is 5.73 Å². The molecule has 0 radical (unpaired) electrons. The molecule has 1 aromatic carbocycles. The third kappa shape index (κ3) is 8.17. The summed E-state index contributed by atoms with van der Waals surface area (Å²) in [5.74, 6) is -0.0772. The Labute approximate surface area is 174 Å². The Kier molecular flexibility index (Phi) is 11.8. The topological polar surface area (TPSA) is 84.7 Å². The van der Waals surface area contributed by atoms with Crippen molar-refractivity contribution >= 4 is 24.2 Å². The Balaban J connectivity index is 0.00000392. The fourth-order valence-corrected chi connectivity index (χ4v) is 3.37. The van der Waals surface area contributed by atoms with Crippen molar-refractivity contribution < 1.29 is 14.3 Å². The number of hydrogen-bond acceptors (Lipinski definition) is 4. The van der Waals surface area contributed by atoms with Crippen LogP contribution >= 0.6 is 12.4 Å². The highest BCUT2D eigenvalue weighted by atomic mass is 35.5. The Hall–Kier alpha value is -1.63. The summed E-state index contributed by atoms with van der Waals surface area (Å²) < 4.78 is 5.80. The van der Waals surface area contributed by atoms with Gasteiger partial charge in [-0.1, -0.05) is 43.7 Å².